The van der Waals surface area contributed by atoms with E-state index < -0.39 is 5.97 Å². The summed E-state index contributed by atoms with van der Waals surface area (Å²) < 4.78 is 24.4. The number of phenolic OH excluding ortho intramolecular Hbond substituents is 1. The highest BCUT2D eigenvalue weighted by atomic mass is 19.1. The van der Waals surface area contributed by atoms with Gasteiger partial charge in [0.25, 0.3) is 5.88 Å². The van der Waals surface area contributed by atoms with Crippen LogP contribution < -0.4 is 4.74 Å². The standard InChI is InChI=1S/C23H19FN2O5/c1-11(2)21-20(13-4-7-17(24)12(3)8-13)15-6-5-14(27)9-16(15)22(25-21)30-19-10-18(23(28)29)31-26-19/h4-11,27H,1-3H3,(H,28,29). The van der Waals surface area contributed by atoms with Gasteiger partial charge in [-0.05, 0) is 64.8 Å². The minimum atomic E-state index is -1.28. The van der Waals surface area contributed by atoms with Crippen LogP contribution in [0.3, 0.4) is 0 Å². The first-order valence-electron chi connectivity index (χ1n) is 9.55. The fourth-order valence-corrected chi connectivity index (χ4v) is 3.40. The van der Waals surface area contributed by atoms with Gasteiger partial charge in [-0.25, -0.2) is 14.2 Å². The molecule has 0 bridgehead atoms. The number of fused-ring (bicyclic) bond motifs is 1. The third-order valence-electron chi connectivity index (χ3n) is 4.88. The molecular formula is C23H19FN2O5. The minimum Gasteiger partial charge on any atom is -0.508 e. The molecule has 0 amide bonds. The minimum absolute atomic E-state index is 0.00376. The summed E-state index contributed by atoms with van der Waals surface area (Å²) in [5, 5.41) is 23.9. The van der Waals surface area contributed by atoms with Crippen LogP contribution in [-0.2, 0) is 0 Å². The molecule has 2 heterocycles. The highest BCUT2D eigenvalue weighted by Crippen LogP contribution is 2.41. The van der Waals surface area contributed by atoms with Crippen LogP contribution in [0.2, 0.25) is 0 Å². The van der Waals surface area contributed by atoms with Gasteiger partial charge in [0, 0.05) is 10.9 Å². The van der Waals surface area contributed by atoms with Gasteiger partial charge in [0.2, 0.25) is 11.6 Å². The van der Waals surface area contributed by atoms with Crippen molar-refractivity contribution in [3.05, 3.63) is 65.3 Å². The smallest absolute Gasteiger partial charge is 0.374 e. The summed E-state index contributed by atoms with van der Waals surface area (Å²) in [6.07, 6.45) is 0. The number of aryl methyl sites for hydroxylation is 1. The Morgan fingerprint density at radius 3 is 2.55 bits per heavy atom. The molecule has 0 radical (unpaired) electrons. The second-order valence-electron chi connectivity index (χ2n) is 7.46. The molecule has 0 aliphatic heterocycles. The third kappa shape index (κ3) is 3.79. The molecular weight excluding hydrogens is 403 g/mol. The number of hydrogen-bond donors (Lipinski definition) is 2. The number of aromatic nitrogens is 2. The van der Waals surface area contributed by atoms with E-state index in [0.29, 0.717) is 16.6 Å². The predicted octanol–water partition coefficient (Wildman–Crippen LogP) is 5.66. The van der Waals surface area contributed by atoms with Gasteiger partial charge in [0.05, 0.1) is 11.8 Å². The molecule has 0 fully saturated rings. The summed E-state index contributed by atoms with van der Waals surface area (Å²) in [4.78, 5) is 15.7. The predicted molar refractivity (Wildman–Crippen MR) is 111 cm³/mol. The van der Waals surface area contributed by atoms with Gasteiger partial charge in [-0.2, -0.15) is 0 Å². The summed E-state index contributed by atoms with van der Waals surface area (Å²) >= 11 is 0. The maximum Gasteiger partial charge on any atom is 0.374 e. The maximum atomic E-state index is 13.9. The SMILES string of the molecule is Cc1cc(-c2c(C(C)C)nc(Oc3cc(C(=O)O)on3)c3cc(O)ccc23)ccc1F. The average molecular weight is 422 g/mol. The maximum absolute atomic E-state index is 13.9. The zero-order valence-corrected chi connectivity index (χ0v) is 17.0. The van der Waals surface area contributed by atoms with E-state index in [4.69, 9.17) is 14.4 Å². The summed E-state index contributed by atoms with van der Waals surface area (Å²) in [5.74, 6) is -1.90. The molecule has 31 heavy (non-hydrogen) atoms. The Bertz CT molecular complexity index is 1310. The number of hydrogen-bond acceptors (Lipinski definition) is 6. The number of carboxylic acid groups (broad SMARTS) is 1. The molecule has 2 N–H and O–H groups in total. The lowest BCUT2D eigenvalue weighted by molar-refractivity contribution is 0.0652. The molecule has 0 aliphatic rings. The monoisotopic (exact) mass is 422 g/mol. The van der Waals surface area contributed by atoms with Crippen molar-refractivity contribution in [2.45, 2.75) is 26.7 Å². The van der Waals surface area contributed by atoms with Crippen molar-refractivity contribution in [2.75, 3.05) is 0 Å². The zero-order chi connectivity index (χ0) is 22.3. The summed E-state index contributed by atoms with van der Waals surface area (Å²) in [5.41, 5.74) is 2.78. The number of aromatic hydroxyl groups is 1. The van der Waals surface area contributed by atoms with E-state index in [1.165, 1.54) is 12.1 Å². The number of nitrogens with zero attached hydrogens (tertiary/aromatic N) is 2. The Morgan fingerprint density at radius 2 is 1.90 bits per heavy atom. The van der Waals surface area contributed by atoms with Crippen molar-refractivity contribution in [1.82, 2.24) is 10.1 Å². The van der Waals surface area contributed by atoms with E-state index in [9.17, 15) is 14.3 Å². The third-order valence-corrected chi connectivity index (χ3v) is 4.88. The second-order valence-corrected chi connectivity index (χ2v) is 7.46. The van der Waals surface area contributed by atoms with Gasteiger partial charge in [-0.15, -0.1) is 0 Å². The highest BCUT2D eigenvalue weighted by molar-refractivity contribution is 6.01. The van der Waals surface area contributed by atoms with Gasteiger partial charge >= 0.3 is 5.97 Å². The molecule has 2 aromatic carbocycles. The van der Waals surface area contributed by atoms with Crippen molar-refractivity contribution < 1.29 is 28.7 Å². The largest absolute Gasteiger partial charge is 0.508 e. The molecule has 8 heteroatoms. The van der Waals surface area contributed by atoms with Crippen LogP contribution in [0.1, 0.15) is 41.6 Å². The molecule has 0 saturated heterocycles. The van der Waals surface area contributed by atoms with Crippen molar-refractivity contribution in [1.29, 1.82) is 0 Å². The first kappa shape index (κ1) is 20.3. The van der Waals surface area contributed by atoms with Crippen LogP contribution in [0.4, 0.5) is 4.39 Å². The average Bonchev–Trinajstić information content (AvgIpc) is 3.19. The van der Waals surface area contributed by atoms with Crippen molar-refractivity contribution in [3.8, 4) is 28.6 Å². The van der Waals surface area contributed by atoms with E-state index in [2.05, 4.69) is 10.1 Å². The van der Waals surface area contributed by atoms with E-state index in [1.807, 2.05) is 13.8 Å². The number of pyridine rings is 1. The molecule has 0 saturated carbocycles. The van der Waals surface area contributed by atoms with Gasteiger partial charge in [-0.3, -0.25) is 0 Å². The molecule has 2 aromatic heterocycles. The quantitative estimate of drug-likeness (QED) is 0.428. The lowest BCUT2D eigenvalue weighted by Crippen LogP contribution is -2.02. The van der Waals surface area contributed by atoms with Crippen LogP contribution in [0.5, 0.6) is 17.5 Å². The topological polar surface area (TPSA) is 106 Å². The molecule has 0 spiro atoms. The number of phenols is 1. The van der Waals surface area contributed by atoms with Crippen LogP contribution in [0.15, 0.2) is 47.0 Å². The fraction of sp³-hybridized carbons (Fsp3) is 0.174. The van der Waals surface area contributed by atoms with Crippen molar-refractivity contribution in [2.24, 2.45) is 0 Å². The van der Waals surface area contributed by atoms with E-state index in [0.717, 1.165) is 22.6 Å². The molecule has 0 unspecified atom stereocenters. The summed E-state index contributed by atoms with van der Waals surface area (Å²) in [6, 6.07) is 10.8. The van der Waals surface area contributed by atoms with Crippen LogP contribution >= 0.6 is 0 Å². The van der Waals surface area contributed by atoms with E-state index in [1.54, 1.807) is 31.2 Å². The summed E-state index contributed by atoms with van der Waals surface area (Å²) in [7, 11) is 0. The number of rotatable bonds is 5. The Balaban J connectivity index is 1.96. The number of aromatic carboxylic acids is 1. The summed E-state index contributed by atoms with van der Waals surface area (Å²) in [6.45, 7) is 5.63. The fourth-order valence-electron chi connectivity index (χ4n) is 3.40. The Hall–Kier alpha value is -3.94. The Kier molecular flexibility index (Phi) is 5.06. The number of benzene rings is 2. The molecule has 0 aliphatic carbocycles. The van der Waals surface area contributed by atoms with Crippen LogP contribution in [0.25, 0.3) is 21.9 Å². The number of carboxylic acids is 1. The van der Waals surface area contributed by atoms with E-state index >= 15 is 0 Å². The van der Waals surface area contributed by atoms with Crippen molar-refractivity contribution in [3.63, 3.8) is 0 Å². The molecule has 7 nitrogen and oxygen atoms in total. The Labute approximate surface area is 176 Å². The zero-order valence-electron chi connectivity index (χ0n) is 17.0. The lowest BCUT2D eigenvalue weighted by atomic mass is 9.92. The second kappa shape index (κ2) is 7.71. The number of halogens is 1. The van der Waals surface area contributed by atoms with Gasteiger partial charge in [-0.1, -0.05) is 19.9 Å². The van der Waals surface area contributed by atoms with Crippen LogP contribution in [0, 0.1) is 12.7 Å². The molecule has 0 atom stereocenters. The normalized spacial score (nSPS) is 11.3. The first-order chi connectivity index (χ1) is 14.7. The Morgan fingerprint density at radius 1 is 1.13 bits per heavy atom. The number of carbonyl (C=O) groups is 1. The lowest BCUT2D eigenvalue weighted by Gasteiger charge is -2.18. The molecule has 4 aromatic rings. The van der Waals surface area contributed by atoms with Crippen molar-refractivity contribution >= 4 is 16.7 Å². The van der Waals surface area contributed by atoms with Crippen LogP contribution in [-0.4, -0.2) is 26.3 Å². The van der Waals surface area contributed by atoms with Gasteiger partial charge < -0.3 is 19.5 Å². The number of ether oxygens (including phenoxy) is 1. The van der Waals surface area contributed by atoms with Gasteiger partial charge in [0.1, 0.15) is 11.6 Å². The first-order valence-corrected chi connectivity index (χ1v) is 9.55. The van der Waals surface area contributed by atoms with E-state index in [-0.39, 0.29) is 35.0 Å². The van der Waals surface area contributed by atoms with Gasteiger partial charge in [0.15, 0.2) is 0 Å². The molecule has 158 valence electrons. The molecule has 4 rings (SSSR count). The highest BCUT2D eigenvalue weighted by Gasteiger charge is 2.21.